The van der Waals surface area contributed by atoms with Gasteiger partial charge in [0, 0.05) is 30.8 Å². The highest BCUT2D eigenvalue weighted by Gasteiger charge is 2.31. The second-order valence-electron chi connectivity index (χ2n) is 10.4. The summed E-state index contributed by atoms with van der Waals surface area (Å²) in [6.07, 6.45) is 0. The first-order valence-electron chi connectivity index (χ1n) is 13.5. The third-order valence-corrected chi connectivity index (χ3v) is 8.62. The first-order chi connectivity index (χ1) is 20.4. The molecule has 1 aliphatic heterocycles. The van der Waals surface area contributed by atoms with Crippen LogP contribution in [0.1, 0.15) is 56.1 Å². The van der Waals surface area contributed by atoms with Crippen LogP contribution in [0, 0.1) is 24.0 Å². The Morgan fingerprint density at radius 3 is 2.35 bits per heavy atom. The van der Waals surface area contributed by atoms with Gasteiger partial charge in [-0.2, -0.15) is 5.10 Å². The number of benzene rings is 3. The van der Waals surface area contributed by atoms with Crippen molar-refractivity contribution in [2.75, 3.05) is 11.4 Å². The van der Waals surface area contributed by atoms with E-state index in [0.29, 0.717) is 29.9 Å². The fourth-order valence-corrected chi connectivity index (χ4v) is 6.05. The number of aromatic nitrogens is 2. The lowest BCUT2D eigenvalue weighted by Gasteiger charge is -2.20. The molecule has 4 aromatic rings. The van der Waals surface area contributed by atoms with Gasteiger partial charge in [0.05, 0.1) is 28.1 Å². The van der Waals surface area contributed by atoms with Crippen LogP contribution in [-0.4, -0.2) is 41.5 Å². The molecule has 43 heavy (non-hydrogen) atoms. The molecule has 0 fully saturated rings. The lowest BCUT2D eigenvalue weighted by atomic mass is 10.1. The fourth-order valence-electron chi connectivity index (χ4n) is 5.08. The summed E-state index contributed by atoms with van der Waals surface area (Å²) >= 11 is 0. The van der Waals surface area contributed by atoms with Crippen LogP contribution in [0.5, 0.6) is 0 Å². The minimum atomic E-state index is -4.24. The summed E-state index contributed by atoms with van der Waals surface area (Å²) in [5.41, 5.74) is 4.00. The SMILES string of the molecule is Cc1cccc(CN2CCn3nc(C)c(C(=O)N[C@@H](C)c4ccc(C(=O)NS(=O)(=O)c5ccc([N+](=O)[O-])cc5)cc4)c32)c1. The van der Waals surface area contributed by atoms with Gasteiger partial charge in [0.1, 0.15) is 11.4 Å². The molecule has 222 valence electrons. The Hall–Kier alpha value is -5.04. The molecule has 2 amide bonds. The van der Waals surface area contributed by atoms with Gasteiger partial charge >= 0.3 is 0 Å². The normalized spacial score (nSPS) is 13.3. The molecule has 0 radical (unpaired) electrons. The summed E-state index contributed by atoms with van der Waals surface area (Å²) in [6, 6.07) is 18.2. The monoisotopic (exact) mass is 602 g/mol. The molecule has 1 aliphatic rings. The molecule has 1 atom stereocenters. The molecule has 5 rings (SSSR count). The zero-order valence-corrected chi connectivity index (χ0v) is 24.6. The predicted molar refractivity (Wildman–Crippen MR) is 159 cm³/mol. The van der Waals surface area contributed by atoms with Crippen LogP contribution in [0.15, 0.2) is 77.7 Å². The Bertz CT molecular complexity index is 1820. The van der Waals surface area contributed by atoms with Gasteiger partial charge in [0.15, 0.2) is 0 Å². The Balaban J connectivity index is 1.25. The number of carbonyl (C=O) groups excluding carboxylic acids is 2. The molecule has 13 heteroatoms. The first kappa shape index (κ1) is 29.5. The van der Waals surface area contributed by atoms with E-state index in [4.69, 9.17) is 0 Å². The molecule has 0 spiro atoms. The van der Waals surface area contributed by atoms with Gasteiger partial charge in [-0.05, 0) is 56.2 Å². The number of sulfonamides is 1. The van der Waals surface area contributed by atoms with Crippen molar-refractivity contribution in [3.05, 3.63) is 116 Å². The number of carbonyl (C=O) groups is 2. The number of nitrogens with one attached hydrogen (secondary N) is 2. The average Bonchev–Trinajstić information content (AvgIpc) is 3.50. The van der Waals surface area contributed by atoms with Crippen molar-refractivity contribution in [1.82, 2.24) is 19.8 Å². The third kappa shape index (κ3) is 6.26. The van der Waals surface area contributed by atoms with Crippen molar-refractivity contribution in [2.45, 2.75) is 44.8 Å². The van der Waals surface area contributed by atoms with E-state index in [2.05, 4.69) is 27.4 Å². The van der Waals surface area contributed by atoms with E-state index >= 15 is 0 Å². The molecule has 2 N–H and O–H groups in total. The van der Waals surface area contributed by atoms with Gasteiger partial charge in [0.2, 0.25) is 0 Å². The smallest absolute Gasteiger partial charge is 0.269 e. The van der Waals surface area contributed by atoms with Crippen LogP contribution >= 0.6 is 0 Å². The number of fused-ring (bicyclic) bond motifs is 1. The molecular formula is C30H30N6O6S. The number of amides is 2. The second-order valence-corrected chi connectivity index (χ2v) is 12.1. The van der Waals surface area contributed by atoms with Crippen molar-refractivity contribution >= 4 is 33.3 Å². The summed E-state index contributed by atoms with van der Waals surface area (Å²) in [7, 11) is -4.24. The van der Waals surface area contributed by atoms with Gasteiger partial charge in [-0.3, -0.25) is 19.7 Å². The molecule has 0 saturated carbocycles. The van der Waals surface area contributed by atoms with Gasteiger partial charge in [-0.15, -0.1) is 0 Å². The van der Waals surface area contributed by atoms with E-state index in [1.807, 2.05) is 42.3 Å². The van der Waals surface area contributed by atoms with Crippen LogP contribution in [0.3, 0.4) is 0 Å². The minimum Gasteiger partial charge on any atom is -0.350 e. The van der Waals surface area contributed by atoms with Crippen LogP contribution in [0.4, 0.5) is 11.5 Å². The van der Waals surface area contributed by atoms with Crippen LogP contribution in [-0.2, 0) is 23.1 Å². The Kier molecular flexibility index (Phi) is 8.00. The molecular weight excluding hydrogens is 572 g/mol. The van der Waals surface area contributed by atoms with E-state index in [0.717, 1.165) is 42.2 Å². The Morgan fingerprint density at radius 1 is 1.00 bits per heavy atom. The van der Waals surface area contributed by atoms with Crippen molar-refractivity contribution in [2.24, 2.45) is 0 Å². The highest BCUT2D eigenvalue weighted by molar-refractivity contribution is 7.90. The Morgan fingerprint density at radius 2 is 1.70 bits per heavy atom. The maximum Gasteiger partial charge on any atom is 0.269 e. The lowest BCUT2D eigenvalue weighted by Crippen LogP contribution is -2.31. The molecule has 0 aliphatic carbocycles. The summed E-state index contributed by atoms with van der Waals surface area (Å²) in [6.45, 7) is 7.77. The summed E-state index contributed by atoms with van der Waals surface area (Å²) < 4.78 is 29.0. The highest BCUT2D eigenvalue weighted by Crippen LogP contribution is 2.30. The van der Waals surface area contributed by atoms with E-state index in [-0.39, 0.29) is 22.1 Å². The first-order valence-corrected chi connectivity index (χ1v) is 15.0. The maximum absolute atomic E-state index is 13.5. The number of nitrogens with zero attached hydrogens (tertiary/aromatic N) is 4. The Labute approximate surface area is 248 Å². The molecule has 1 aromatic heterocycles. The number of rotatable bonds is 9. The number of non-ortho nitro benzene ring substituents is 1. The van der Waals surface area contributed by atoms with Crippen molar-refractivity contribution in [3.8, 4) is 0 Å². The average molecular weight is 603 g/mol. The number of anilines is 1. The molecule has 0 unspecified atom stereocenters. The van der Waals surface area contributed by atoms with Crippen LogP contribution < -0.4 is 14.9 Å². The zero-order chi connectivity index (χ0) is 30.9. The van der Waals surface area contributed by atoms with E-state index in [1.54, 1.807) is 12.1 Å². The van der Waals surface area contributed by atoms with Crippen LogP contribution in [0.25, 0.3) is 0 Å². The zero-order valence-electron chi connectivity index (χ0n) is 23.8. The van der Waals surface area contributed by atoms with E-state index in [1.165, 1.54) is 17.7 Å². The molecule has 0 saturated heterocycles. The maximum atomic E-state index is 13.5. The molecule has 12 nitrogen and oxygen atoms in total. The lowest BCUT2D eigenvalue weighted by molar-refractivity contribution is -0.384. The van der Waals surface area contributed by atoms with E-state index in [9.17, 15) is 28.1 Å². The third-order valence-electron chi connectivity index (χ3n) is 7.27. The highest BCUT2D eigenvalue weighted by atomic mass is 32.2. The van der Waals surface area contributed by atoms with Gasteiger partial charge < -0.3 is 10.2 Å². The molecule has 3 aromatic carbocycles. The second kappa shape index (κ2) is 11.7. The van der Waals surface area contributed by atoms with Crippen molar-refractivity contribution < 1.29 is 22.9 Å². The summed E-state index contributed by atoms with van der Waals surface area (Å²) in [4.78, 5) is 38.2. The number of nitro benzene ring substituents is 1. The molecule has 2 heterocycles. The van der Waals surface area contributed by atoms with Gasteiger partial charge in [-0.1, -0.05) is 42.0 Å². The predicted octanol–water partition coefficient (Wildman–Crippen LogP) is 4.04. The largest absolute Gasteiger partial charge is 0.350 e. The molecule has 0 bridgehead atoms. The van der Waals surface area contributed by atoms with Crippen molar-refractivity contribution in [1.29, 1.82) is 0 Å². The van der Waals surface area contributed by atoms with E-state index < -0.39 is 26.9 Å². The summed E-state index contributed by atoms with van der Waals surface area (Å²) in [5, 5.41) is 18.4. The topological polar surface area (TPSA) is 157 Å². The number of hydrogen-bond acceptors (Lipinski definition) is 8. The minimum absolute atomic E-state index is 0.0878. The summed E-state index contributed by atoms with van der Waals surface area (Å²) in [5.74, 6) is -0.343. The van der Waals surface area contributed by atoms with Crippen LogP contribution in [0.2, 0.25) is 0 Å². The standard InChI is InChI=1S/C30H30N6O6S/c1-19-5-4-6-22(17-19)18-34-15-16-35-30(34)27(21(3)32-35)29(38)31-20(2)23-7-9-24(10-8-23)28(37)33-43(41,42)26-13-11-25(12-14-26)36(39)40/h4-14,17,20H,15-16,18H2,1-3H3,(H,31,38)(H,33,37)/t20-/m0/s1. The fraction of sp³-hybridized carbons (Fsp3) is 0.233. The van der Waals surface area contributed by atoms with Gasteiger partial charge in [0.25, 0.3) is 27.5 Å². The number of aryl methyl sites for hydroxylation is 2. The quantitative estimate of drug-likeness (QED) is 0.215. The van der Waals surface area contributed by atoms with Crippen molar-refractivity contribution in [3.63, 3.8) is 0 Å². The number of nitro groups is 1. The number of hydrogen-bond donors (Lipinski definition) is 2. The van der Waals surface area contributed by atoms with Gasteiger partial charge in [-0.25, -0.2) is 17.8 Å².